The molecule has 1 rings (SSSR count). The average molecular weight is 222 g/mol. The van der Waals surface area contributed by atoms with Gasteiger partial charge in [0.1, 0.15) is 23.4 Å². The summed E-state index contributed by atoms with van der Waals surface area (Å²) in [5.74, 6) is 0. The molecule has 1 fully saturated rings. The Morgan fingerprint density at radius 1 is 1.13 bits per heavy atom. The van der Waals surface area contributed by atoms with E-state index in [2.05, 4.69) is 0 Å². The van der Waals surface area contributed by atoms with Crippen LogP contribution < -0.4 is 0 Å². The second-order valence-electron chi connectivity index (χ2n) is 4.43. The van der Waals surface area contributed by atoms with Crippen LogP contribution in [0.1, 0.15) is 20.8 Å². The lowest BCUT2D eigenvalue weighted by molar-refractivity contribution is -0.360. The molecule has 0 aromatic rings. The van der Waals surface area contributed by atoms with E-state index in [1.165, 1.54) is 13.8 Å². The van der Waals surface area contributed by atoms with Crippen LogP contribution in [0.2, 0.25) is 0 Å². The van der Waals surface area contributed by atoms with E-state index >= 15 is 0 Å². The van der Waals surface area contributed by atoms with Crippen molar-refractivity contribution in [2.75, 3.05) is 0 Å². The van der Waals surface area contributed by atoms with Crippen molar-refractivity contribution in [3.63, 3.8) is 0 Å². The summed E-state index contributed by atoms with van der Waals surface area (Å²) in [7, 11) is 0. The van der Waals surface area contributed by atoms with Gasteiger partial charge in [-0.05, 0) is 20.8 Å². The molecule has 6 nitrogen and oxygen atoms in total. The van der Waals surface area contributed by atoms with Crippen LogP contribution in [0.15, 0.2) is 0 Å². The Morgan fingerprint density at radius 3 is 2.00 bits per heavy atom. The molecule has 1 aliphatic heterocycles. The summed E-state index contributed by atoms with van der Waals surface area (Å²) in [6.45, 7) is 3.69. The molecular formula is C9H18O6. The maximum Gasteiger partial charge on any atom is 0.186 e. The number of hydrogen-bond donors (Lipinski definition) is 5. The van der Waals surface area contributed by atoms with E-state index in [9.17, 15) is 25.5 Å². The van der Waals surface area contributed by atoms with Crippen LogP contribution in [0.25, 0.3) is 0 Å². The number of rotatable bonds is 1. The van der Waals surface area contributed by atoms with E-state index < -0.39 is 35.8 Å². The summed E-state index contributed by atoms with van der Waals surface area (Å²) < 4.78 is 4.86. The van der Waals surface area contributed by atoms with Gasteiger partial charge in [-0.15, -0.1) is 0 Å². The minimum atomic E-state index is -2.00. The highest BCUT2D eigenvalue weighted by Crippen LogP contribution is 2.37. The van der Waals surface area contributed by atoms with Gasteiger partial charge in [0.15, 0.2) is 6.29 Å². The highest BCUT2D eigenvalue weighted by molar-refractivity contribution is 5.07. The molecule has 0 spiro atoms. The largest absolute Gasteiger partial charge is 0.391 e. The molecule has 0 bridgehead atoms. The minimum absolute atomic E-state index is 1.07. The molecule has 6 heteroatoms. The summed E-state index contributed by atoms with van der Waals surface area (Å²) >= 11 is 0. The first-order chi connectivity index (χ1) is 6.62. The fraction of sp³-hybridized carbons (Fsp3) is 1.00. The Hall–Kier alpha value is -0.240. The van der Waals surface area contributed by atoms with Crippen LogP contribution in [0.4, 0.5) is 0 Å². The normalized spacial score (nSPS) is 54.0. The standard InChI is InChI=1S/C9H18O6/c1-4(10)5-6(11)8(2,13)9(3,14)7(12)15-5/h4-7,10-14H,1-3H3/t4?,5-,6-,7?,8+,9+/m1/s1. The molecule has 1 heterocycles. The molecule has 2 unspecified atom stereocenters. The monoisotopic (exact) mass is 222 g/mol. The number of aliphatic hydroxyl groups is 5. The van der Waals surface area contributed by atoms with Gasteiger partial charge in [-0.2, -0.15) is 0 Å². The Labute approximate surface area is 87.7 Å². The lowest BCUT2D eigenvalue weighted by atomic mass is 9.75. The third-order valence-corrected chi connectivity index (χ3v) is 3.15. The summed E-state index contributed by atoms with van der Waals surface area (Å²) in [5.41, 5.74) is -3.97. The molecular weight excluding hydrogens is 204 g/mol. The number of aliphatic hydroxyl groups excluding tert-OH is 3. The quantitative estimate of drug-likeness (QED) is 0.349. The van der Waals surface area contributed by atoms with Crippen LogP contribution in [0, 0.1) is 0 Å². The fourth-order valence-electron chi connectivity index (χ4n) is 1.60. The second kappa shape index (κ2) is 3.65. The van der Waals surface area contributed by atoms with Crippen molar-refractivity contribution in [2.45, 2.75) is 56.6 Å². The average Bonchev–Trinajstić information content (AvgIpc) is 2.09. The van der Waals surface area contributed by atoms with E-state index in [-0.39, 0.29) is 0 Å². The Balaban J connectivity index is 3.02. The highest BCUT2D eigenvalue weighted by Gasteiger charge is 2.60. The summed E-state index contributed by atoms with van der Waals surface area (Å²) in [6.07, 6.45) is -5.38. The maximum atomic E-state index is 9.91. The molecule has 0 saturated carbocycles. The van der Waals surface area contributed by atoms with Gasteiger partial charge in [-0.25, -0.2) is 0 Å². The van der Waals surface area contributed by atoms with Crippen molar-refractivity contribution < 1.29 is 30.3 Å². The van der Waals surface area contributed by atoms with Crippen LogP contribution >= 0.6 is 0 Å². The van der Waals surface area contributed by atoms with Crippen LogP contribution in [0.5, 0.6) is 0 Å². The minimum Gasteiger partial charge on any atom is -0.391 e. The van der Waals surface area contributed by atoms with E-state index in [0.717, 1.165) is 6.92 Å². The predicted molar refractivity (Wildman–Crippen MR) is 49.8 cm³/mol. The van der Waals surface area contributed by atoms with Crippen molar-refractivity contribution in [1.82, 2.24) is 0 Å². The van der Waals surface area contributed by atoms with Crippen LogP contribution in [-0.4, -0.2) is 61.3 Å². The van der Waals surface area contributed by atoms with Gasteiger partial charge in [0, 0.05) is 0 Å². The summed E-state index contributed by atoms with van der Waals surface area (Å²) in [5, 5.41) is 48.1. The van der Waals surface area contributed by atoms with E-state index in [4.69, 9.17) is 4.74 Å². The molecule has 0 amide bonds. The van der Waals surface area contributed by atoms with Gasteiger partial charge >= 0.3 is 0 Å². The highest BCUT2D eigenvalue weighted by atomic mass is 16.6. The van der Waals surface area contributed by atoms with Gasteiger partial charge in [-0.3, -0.25) is 0 Å². The van der Waals surface area contributed by atoms with Gasteiger partial charge in [0.25, 0.3) is 0 Å². The van der Waals surface area contributed by atoms with Gasteiger partial charge in [-0.1, -0.05) is 0 Å². The number of hydrogen-bond acceptors (Lipinski definition) is 6. The molecule has 0 aliphatic carbocycles. The van der Waals surface area contributed by atoms with E-state index in [1.54, 1.807) is 0 Å². The molecule has 90 valence electrons. The van der Waals surface area contributed by atoms with Gasteiger partial charge in [0.05, 0.1) is 6.10 Å². The zero-order valence-corrected chi connectivity index (χ0v) is 8.95. The zero-order chi connectivity index (χ0) is 12.0. The third-order valence-electron chi connectivity index (χ3n) is 3.15. The lowest BCUT2D eigenvalue weighted by Gasteiger charge is -2.51. The Bertz CT molecular complexity index is 237. The topological polar surface area (TPSA) is 110 Å². The lowest BCUT2D eigenvalue weighted by Crippen LogP contribution is -2.72. The van der Waals surface area contributed by atoms with E-state index in [1.807, 2.05) is 0 Å². The maximum absolute atomic E-state index is 9.91. The van der Waals surface area contributed by atoms with Crippen LogP contribution in [0.3, 0.4) is 0 Å². The third kappa shape index (κ3) is 1.77. The second-order valence-corrected chi connectivity index (χ2v) is 4.43. The van der Waals surface area contributed by atoms with Crippen molar-refractivity contribution in [3.8, 4) is 0 Å². The Morgan fingerprint density at radius 2 is 1.60 bits per heavy atom. The first-order valence-corrected chi connectivity index (χ1v) is 4.76. The van der Waals surface area contributed by atoms with Crippen LogP contribution in [-0.2, 0) is 4.74 Å². The molecule has 0 aromatic heterocycles. The first kappa shape index (κ1) is 12.8. The zero-order valence-electron chi connectivity index (χ0n) is 8.95. The van der Waals surface area contributed by atoms with Crippen molar-refractivity contribution in [2.24, 2.45) is 0 Å². The summed E-state index contributed by atoms with van der Waals surface area (Å²) in [4.78, 5) is 0. The SMILES string of the molecule is CC(O)[C@H]1OC(O)[C@](C)(O)[C@@](C)(O)[C@@H]1O. The van der Waals surface area contributed by atoms with Crippen molar-refractivity contribution in [1.29, 1.82) is 0 Å². The smallest absolute Gasteiger partial charge is 0.186 e. The van der Waals surface area contributed by atoms with Gasteiger partial charge < -0.3 is 30.3 Å². The molecule has 0 aromatic carbocycles. The predicted octanol–water partition coefficient (Wildman–Crippen LogP) is -2.05. The fourth-order valence-corrected chi connectivity index (χ4v) is 1.60. The number of ether oxygens (including phenoxy) is 1. The van der Waals surface area contributed by atoms with Crippen molar-refractivity contribution >= 4 is 0 Å². The molecule has 1 aliphatic rings. The first-order valence-electron chi connectivity index (χ1n) is 4.76. The molecule has 1 saturated heterocycles. The molecule has 6 atom stereocenters. The van der Waals surface area contributed by atoms with Crippen molar-refractivity contribution in [3.05, 3.63) is 0 Å². The Kier molecular flexibility index (Phi) is 3.13. The van der Waals surface area contributed by atoms with E-state index in [0.29, 0.717) is 0 Å². The molecule has 5 N–H and O–H groups in total. The van der Waals surface area contributed by atoms with Gasteiger partial charge in [0.2, 0.25) is 0 Å². The summed E-state index contributed by atoms with van der Waals surface area (Å²) in [6, 6.07) is 0. The molecule has 0 radical (unpaired) electrons. The molecule has 15 heavy (non-hydrogen) atoms.